The van der Waals surface area contributed by atoms with Crippen molar-refractivity contribution in [1.82, 2.24) is 5.32 Å². The first-order chi connectivity index (χ1) is 10.2. The molecule has 1 amide bonds. The second-order valence-corrected chi connectivity index (χ2v) is 5.08. The number of hydrogen-bond acceptors (Lipinski definition) is 2. The second-order valence-electron chi connectivity index (χ2n) is 5.08. The summed E-state index contributed by atoms with van der Waals surface area (Å²) in [6.07, 6.45) is 0.818. The van der Waals surface area contributed by atoms with Gasteiger partial charge >= 0.3 is 0 Å². The van der Waals surface area contributed by atoms with Gasteiger partial charge in [-0.3, -0.25) is 4.79 Å². The molecule has 3 nitrogen and oxygen atoms in total. The standard InChI is InChI=1S/C18H17NO2/c1-13-6-2-3-7-14(13)10-11-19-18(20)17-12-15-8-4-5-9-16(15)21-17/h2-9,12H,10-11H2,1H3,(H,19,20). The molecule has 0 aliphatic carbocycles. The van der Waals surface area contributed by atoms with Crippen molar-refractivity contribution in [2.24, 2.45) is 0 Å². The number of fused-ring (bicyclic) bond motifs is 1. The number of rotatable bonds is 4. The van der Waals surface area contributed by atoms with Crippen LogP contribution in [-0.4, -0.2) is 12.5 Å². The molecule has 0 saturated heterocycles. The first kappa shape index (κ1) is 13.4. The van der Waals surface area contributed by atoms with E-state index >= 15 is 0 Å². The third-order valence-corrected chi connectivity index (χ3v) is 3.59. The molecule has 3 aromatic rings. The van der Waals surface area contributed by atoms with Gasteiger partial charge in [0.15, 0.2) is 5.76 Å². The SMILES string of the molecule is Cc1ccccc1CCNC(=O)c1cc2ccccc2o1. The second kappa shape index (κ2) is 5.83. The molecule has 1 heterocycles. The lowest BCUT2D eigenvalue weighted by atomic mass is 10.1. The molecule has 0 fully saturated rings. The molecule has 3 rings (SSSR count). The van der Waals surface area contributed by atoms with Gasteiger partial charge in [0.1, 0.15) is 5.58 Å². The van der Waals surface area contributed by atoms with E-state index in [9.17, 15) is 4.79 Å². The molecule has 0 atom stereocenters. The summed E-state index contributed by atoms with van der Waals surface area (Å²) in [5.41, 5.74) is 3.24. The Morgan fingerprint density at radius 2 is 1.86 bits per heavy atom. The Labute approximate surface area is 123 Å². The first-order valence-electron chi connectivity index (χ1n) is 7.05. The lowest BCUT2D eigenvalue weighted by Gasteiger charge is -2.06. The summed E-state index contributed by atoms with van der Waals surface area (Å²) < 4.78 is 5.54. The molecular formula is C18H17NO2. The van der Waals surface area contributed by atoms with Crippen molar-refractivity contribution in [2.45, 2.75) is 13.3 Å². The molecule has 0 unspecified atom stereocenters. The maximum absolute atomic E-state index is 12.1. The van der Waals surface area contributed by atoms with Gasteiger partial charge in [-0.05, 0) is 36.6 Å². The fraction of sp³-hybridized carbons (Fsp3) is 0.167. The molecule has 3 heteroatoms. The predicted octanol–water partition coefficient (Wildman–Crippen LogP) is 3.71. The van der Waals surface area contributed by atoms with E-state index in [1.807, 2.05) is 36.4 Å². The topological polar surface area (TPSA) is 42.2 Å². The Kier molecular flexibility index (Phi) is 3.73. The zero-order valence-electron chi connectivity index (χ0n) is 11.9. The molecular weight excluding hydrogens is 262 g/mol. The van der Waals surface area contributed by atoms with E-state index in [4.69, 9.17) is 4.42 Å². The normalized spacial score (nSPS) is 10.7. The number of carbonyl (C=O) groups excluding carboxylic acids is 1. The summed E-state index contributed by atoms with van der Waals surface area (Å²) in [5.74, 6) is 0.195. The van der Waals surface area contributed by atoms with Gasteiger partial charge in [-0.2, -0.15) is 0 Å². The average molecular weight is 279 g/mol. The van der Waals surface area contributed by atoms with Crippen molar-refractivity contribution in [3.8, 4) is 0 Å². The van der Waals surface area contributed by atoms with Crippen molar-refractivity contribution in [3.63, 3.8) is 0 Å². The quantitative estimate of drug-likeness (QED) is 0.791. The molecule has 0 aliphatic rings. The number of aryl methyl sites for hydroxylation is 1. The molecule has 1 aromatic heterocycles. The number of para-hydroxylation sites is 1. The van der Waals surface area contributed by atoms with E-state index in [0.717, 1.165) is 17.4 Å². The highest BCUT2D eigenvalue weighted by molar-refractivity contribution is 5.96. The molecule has 0 spiro atoms. The van der Waals surface area contributed by atoms with Crippen LogP contribution in [0, 0.1) is 6.92 Å². The third kappa shape index (κ3) is 2.97. The van der Waals surface area contributed by atoms with E-state index in [0.29, 0.717) is 12.3 Å². The smallest absolute Gasteiger partial charge is 0.287 e. The molecule has 2 aromatic carbocycles. The zero-order valence-corrected chi connectivity index (χ0v) is 11.9. The number of hydrogen-bond donors (Lipinski definition) is 1. The molecule has 1 N–H and O–H groups in total. The van der Waals surface area contributed by atoms with E-state index in [-0.39, 0.29) is 5.91 Å². The fourth-order valence-electron chi connectivity index (χ4n) is 2.38. The van der Waals surface area contributed by atoms with Crippen molar-refractivity contribution >= 4 is 16.9 Å². The van der Waals surface area contributed by atoms with Crippen molar-refractivity contribution in [2.75, 3.05) is 6.54 Å². The maximum atomic E-state index is 12.1. The van der Waals surface area contributed by atoms with Crippen LogP contribution in [0.3, 0.4) is 0 Å². The first-order valence-corrected chi connectivity index (χ1v) is 7.05. The minimum absolute atomic E-state index is 0.167. The minimum Gasteiger partial charge on any atom is -0.451 e. The maximum Gasteiger partial charge on any atom is 0.287 e. The summed E-state index contributed by atoms with van der Waals surface area (Å²) in [6, 6.07) is 17.6. The highest BCUT2D eigenvalue weighted by Gasteiger charge is 2.11. The van der Waals surface area contributed by atoms with Gasteiger partial charge in [0, 0.05) is 11.9 Å². The van der Waals surface area contributed by atoms with Crippen molar-refractivity contribution < 1.29 is 9.21 Å². The molecule has 21 heavy (non-hydrogen) atoms. The van der Waals surface area contributed by atoms with E-state index in [1.165, 1.54) is 11.1 Å². The van der Waals surface area contributed by atoms with Crippen LogP contribution in [0.5, 0.6) is 0 Å². The number of amides is 1. The van der Waals surface area contributed by atoms with Crippen LogP contribution in [0.25, 0.3) is 11.0 Å². The Morgan fingerprint density at radius 3 is 2.67 bits per heavy atom. The molecule has 0 aliphatic heterocycles. The summed E-state index contributed by atoms with van der Waals surface area (Å²) in [4.78, 5) is 12.1. The Balaban J connectivity index is 1.63. The van der Waals surface area contributed by atoms with Crippen molar-refractivity contribution in [3.05, 3.63) is 71.5 Å². The van der Waals surface area contributed by atoms with Gasteiger partial charge in [0.2, 0.25) is 0 Å². The van der Waals surface area contributed by atoms with Crippen molar-refractivity contribution in [1.29, 1.82) is 0 Å². The summed E-state index contributed by atoms with van der Waals surface area (Å²) >= 11 is 0. The van der Waals surface area contributed by atoms with Crippen LogP contribution >= 0.6 is 0 Å². The average Bonchev–Trinajstić information content (AvgIpc) is 2.93. The van der Waals surface area contributed by atoms with Crippen LogP contribution in [0.15, 0.2) is 59.0 Å². The van der Waals surface area contributed by atoms with E-state index < -0.39 is 0 Å². The summed E-state index contributed by atoms with van der Waals surface area (Å²) in [5, 5.41) is 3.85. The van der Waals surface area contributed by atoms with Gasteiger partial charge < -0.3 is 9.73 Å². The summed E-state index contributed by atoms with van der Waals surface area (Å²) in [6.45, 7) is 2.68. The Hall–Kier alpha value is -2.55. The number of benzene rings is 2. The number of carbonyl (C=O) groups is 1. The van der Waals surface area contributed by atoms with Crippen LogP contribution in [-0.2, 0) is 6.42 Å². The number of furan rings is 1. The predicted molar refractivity (Wildman–Crippen MR) is 83.4 cm³/mol. The lowest BCUT2D eigenvalue weighted by molar-refractivity contribution is 0.0928. The van der Waals surface area contributed by atoms with Crippen LogP contribution in [0.2, 0.25) is 0 Å². The molecule has 106 valence electrons. The monoisotopic (exact) mass is 279 g/mol. The molecule has 0 saturated carbocycles. The van der Waals surface area contributed by atoms with Crippen LogP contribution < -0.4 is 5.32 Å². The van der Waals surface area contributed by atoms with E-state index in [2.05, 4.69) is 24.4 Å². The zero-order chi connectivity index (χ0) is 14.7. The molecule has 0 radical (unpaired) electrons. The van der Waals surface area contributed by atoms with Gasteiger partial charge in [0.05, 0.1) is 0 Å². The highest BCUT2D eigenvalue weighted by atomic mass is 16.3. The van der Waals surface area contributed by atoms with Crippen LogP contribution in [0.1, 0.15) is 21.7 Å². The molecule has 0 bridgehead atoms. The van der Waals surface area contributed by atoms with Gasteiger partial charge in [-0.1, -0.05) is 42.5 Å². The highest BCUT2D eigenvalue weighted by Crippen LogP contribution is 2.18. The Bertz CT molecular complexity index is 740. The van der Waals surface area contributed by atoms with Crippen LogP contribution in [0.4, 0.5) is 0 Å². The van der Waals surface area contributed by atoms with Gasteiger partial charge in [-0.15, -0.1) is 0 Å². The minimum atomic E-state index is -0.167. The lowest BCUT2D eigenvalue weighted by Crippen LogP contribution is -2.25. The van der Waals surface area contributed by atoms with Gasteiger partial charge in [-0.25, -0.2) is 0 Å². The van der Waals surface area contributed by atoms with Gasteiger partial charge in [0.25, 0.3) is 5.91 Å². The third-order valence-electron chi connectivity index (χ3n) is 3.59. The Morgan fingerprint density at radius 1 is 1.10 bits per heavy atom. The summed E-state index contributed by atoms with van der Waals surface area (Å²) in [7, 11) is 0. The largest absolute Gasteiger partial charge is 0.451 e. The fourth-order valence-corrected chi connectivity index (χ4v) is 2.38. The van der Waals surface area contributed by atoms with E-state index in [1.54, 1.807) is 6.07 Å². The number of nitrogens with one attached hydrogen (secondary N) is 1.